The molecule has 0 aliphatic carbocycles. The van der Waals surface area contributed by atoms with Crippen LogP contribution in [0.25, 0.3) is 10.4 Å². The minimum Gasteiger partial charge on any atom is -0.391 e. The predicted octanol–water partition coefficient (Wildman–Crippen LogP) is 2.90. The standard InChI is InChI=1S/C16H21NO2S/c1-19-12-14(18)9-10-17-11-15-7-8-16(20-15)13-5-3-2-4-6-13/h2-8,14,17-18H,9-12H2,1H3. The first-order valence-electron chi connectivity index (χ1n) is 6.81. The minimum atomic E-state index is -0.379. The number of aliphatic hydroxyl groups excluding tert-OH is 1. The third-order valence-corrected chi connectivity index (χ3v) is 4.17. The summed E-state index contributed by atoms with van der Waals surface area (Å²) in [6.45, 7) is 2.04. The summed E-state index contributed by atoms with van der Waals surface area (Å²) in [5.74, 6) is 0. The minimum absolute atomic E-state index is 0.379. The van der Waals surface area contributed by atoms with Crippen molar-refractivity contribution in [1.29, 1.82) is 0 Å². The van der Waals surface area contributed by atoms with Gasteiger partial charge in [-0.25, -0.2) is 0 Å². The number of ether oxygens (including phenoxy) is 1. The van der Waals surface area contributed by atoms with E-state index in [1.165, 1.54) is 15.3 Å². The van der Waals surface area contributed by atoms with Crippen LogP contribution in [0.5, 0.6) is 0 Å². The maximum Gasteiger partial charge on any atom is 0.0785 e. The Hall–Kier alpha value is -1.20. The van der Waals surface area contributed by atoms with Crippen molar-refractivity contribution in [2.45, 2.75) is 19.1 Å². The molecule has 20 heavy (non-hydrogen) atoms. The Balaban J connectivity index is 1.76. The molecule has 4 heteroatoms. The molecule has 0 saturated carbocycles. The van der Waals surface area contributed by atoms with E-state index in [0.29, 0.717) is 13.0 Å². The Morgan fingerprint density at radius 2 is 2.00 bits per heavy atom. The van der Waals surface area contributed by atoms with Crippen LogP contribution in [0.15, 0.2) is 42.5 Å². The van der Waals surface area contributed by atoms with Crippen molar-refractivity contribution in [2.24, 2.45) is 0 Å². The van der Waals surface area contributed by atoms with Gasteiger partial charge in [-0.1, -0.05) is 30.3 Å². The van der Waals surface area contributed by atoms with Crippen LogP contribution < -0.4 is 5.32 Å². The van der Waals surface area contributed by atoms with E-state index in [1.807, 2.05) is 6.07 Å². The molecule has 2 aromatic rings. The first-order valence-corrected chi connectivity index (χ1v) is 7.63. The Kier molecular flexibility index (Phi) is 6.21. The zero-order valence-electron chi connectivity index (χ0n) is 11.7. The number of hydrogen-bond donors (Lipinski definition) is 2. The average Bonchev–Trinajstić information content (AvgIpc) is 2.94. The quantitative estimate of drug-likeness (QED) is 0.735. The maximum absolute atomic E-state index is 9.54. The molecule has 1 heterocycles. The van der Waals surface area contributed by atoms with E-state index in [0.717, 1.165) is 13.1 Å². The van der Waals surface area contributed by atoms with Crippen molar-refractivity contribution < 1.29 is 9.84 Å². The van der Waals surface area contributed by atoms with Gasteiger partial charge in [0, 0.05) is 23.4 Å². The molecule has 0 saturated heterocycles. The number of thiophene rings is 1. The fourth-order valence-corrected chi connectivity index (χ4v) is 2.97. The highest BCUT2D eigenvalue weighted by Crippen LogP contribution is 2.27. The Morgan fingerprint density at radius 1 is 1.20 bits per heavy atom. The monoisotopic (exact) mass is 291 g/mol. The molecule has 0 bridgehead atoms. The van der Waals surface area contributed by atoms with E-state index in [9.17, 15) is 5.11 Å². The van der Waals surface area contributed by atoms with Crippen molar-refractivity contribution in [3.05, 3.63) is 47.3 Å². The second kappa shape index (κ2) is 8.17. The summed E-state index contributed by atoms with van der Waals surface area (Å²) in [6.07, 6.45) is 0.334. The second-order valence-electron chi connectivity index (χ2n) is 4.71. The molecular weight excluding hydrogens is 270 g/mol. The van der Waals surface area contributed by atoms with Crippen LogP contribution >= 0.6 is 11.3 Å². The van der Waals surface area contributed by atoms with E-state index in [-0.39, 0.29) is 6.10 Å². The summed E-state index contributed by atoms with van der Waals surface area (Å²) < 4.78 is 4.90. The van der Waals surface area contributed by atoms with Gasteiger partial charge in [0.05, 0.1) is 12.7 Å². The zero-order chi connectivity index (χ0) is 14.2. The molecule has 2 N–H and O–H groups in total. The number of nitrogens with one attached hydrogen (secondary N) is 1. The number of rotatable bonds is 8. The van der Waals surface area contributed by atoms with Gasteiger partial charge in [0.15, 0.2) is 0 Å². The highest BCUT2D eigenvalue weighted by molar-refractivity contribution is 7.15. The second-order valence-corrected chi connectivity index (χ2v) is 5.87. The molecular formula is C16H21NO2S. The number of hydrogen-bond acceptors (Lipinski definition) is 4. The molecule has 1 unspecified atom stereocenters. The van der Waals surface area contributed by atoms with Gasteiger partial charge in [-0.3, -0.25) is 0 Å². The summed E-state index contributed by atoms with van der Waals surface area (Å²) in [5, 5.41) is 12.9. The van der Waals surface area contributed by atoms with Crippen LogP contribution in [0.4, 0.5) is 0 Å². The molecule has 0 amide bonds. The molecule has 108 valence electrons. The molecule has 0 spiro atoms. The molecule has 0 aliphatic rings. The Bertz CT molecular complexity index is 498. The summed E-state index contributed by atoms with van der Waals surface area (Å²) in [5.41, 5.74) is 1.26. The smallest absolute Gasteiger partial charge is 0.0785 e. The predicted molar refractivity (Wildman–Crippen MR) is 84.0 cm³/mol. The molecule has 2 rings (SSSR count). The Labute approximate surface area is 124 Å². The van der Waals surface area contributed by atoms with Crippen molar-refractivity contribution in [2.75, 3.05) is 20.3 Å². The number of benzene rings is 1. The van der Waals surface area contributed by atoms with Crippen LogP contribution in [0, 0.1) is 0 Å². The van der Waals surface area contributed by atoms with Crippen LogP contribution in [-0.4, -0.2) is 31.5 Å². The van der Waals surface area contributed by atoms with Gasteiger partial charge in [-0.2, -0.15) is 0 Å². The Morgan fingerprint density at radius 3 is 2.75 bits per heavy atom. The third kappa shape index (κ3) is 4.72. The summed E-state index contributed by atoms with van der Waals surface area (Å²) in [7, 11) is 1.60. The fourth-order valence-electron chi connectivity index (χ4n) is 1.99. The van der Waals surface area contributed by atoms with Crippen molar-refractivity contribution in [1.82, 2.24) is 5.32 Å². The topological polar surface area (TPSA) is 41.5 Å². The van der Waals surface area contributed by atoms with Crippen LogP contribution in [0.2, 0.25) is 0 Å². The summed E-state index contributed by atoms with van der Waals surface area (Å²) in [4.78, 5) is 2.60. The van der Waals surface area contributed by atoms with E-state index >= 15 is 0 Å². The van der Waals surface area contributed by atoms with Gasteiger partial charge < -0.3 is 15.2 Å². The van der Waals surface area contributed by atoms with Gasteiger partial charge in [-0.15, -0.1) is 11.3 Å². The lowest BCUT2D eigenvalue weighted by Crippen LogP contribution is -2.22. The lowest BCUT2D eigenvalue weighted by atomic mass is 10.2. The molecule has 1 atom stereocenters. The van der Waals surface area contributed by atoms with Gasteiger partial charge in [0.25, 0.3) is 0 Å². The SMILES string of the molecule is COCC(O)CCNCc1ccc(-c2ccccc2)s1. The highest BCUT2D eigenvalue weighted by Gasteiger charge is 2.04. The molecule has 0 radical (unpaired) electrons. The lowest BCUT2D eigenvalue weighted by Gasteiger charge is -2.09. The van der Waals surface area contributed by atoms with Gasteiger partial charge in [0.1, 0.15) is 0 Å². The molecule has 1 aromatic heterocycles. The molecule has 1 aromatic carbocycles. The van der Waals surface area contributed by atoms with Crippen LogP contribution in [-0.2, 0) is 11.3 Å². The molecule has 0 fully saturated rings. The summed E-state index contributed by atoms with van der Waals surface area (Å²) in [6, 6.07) is 14.7. The van der Waals surface area contributed by atoms with Gasteiger partial charge in [0.2, 0.25) is 0 Å². The molecule has 3 nitrogen and oxygen atoms in total. The largest absolute Gasteiger partial charge is 0.391 e. The highest BCUT2D eigenvalue weighted by atomic mass is 32.1. The van der Waals surface area contributed by atoms with E-state index < -0.39 is 0 Å². The normalized spacial score (nSPS) is 12.5. The fraction of sp³-hybridized carbons (Fsp3) is 0.375. The maximum atomic E-state index is 9.54. The number of aliphatic hydroxyl groups is 1. The first-order chi connectivity index (χ1) is 9.79. The lowest BCUT2D eigenvalue weighted by molar-refractivity contribution is 0.0594. The third-order valence-electron chi connectivity index (χ3n) is 3.03. The van der Waals surface area contributed by atoms with Crippen LogP contribution in [0.3, 0.4) is 0 Å². The first kappa shape index (κ1) is 15.2. The van der Waals surface area contributed by atoms with E-state index in [1.54, 1.807) is 18.4 Å². The molecule has 0 aliphatic heterocycles. The van der Waals surface area contributed by atoms with E-state index in [2.05, 4.69) is 41.7 Å². The van der Waals surface area contributed by atoms with Crippen molar-refractivity contribution in [3.63, 3.8) is 0 Å². The summed E-state index contributed by atoms with van der Waals surface area (Å²) >= 11 is 1.81. The van der Waals surface area contributed by atoms with Crippen LogP contribution in [0.1, 0.15) is 11.3 Å². The number of methoxy groups -OCH3 is 1. The zero-order valence-corrected chi connectivity index (χ0v) is 12.5. The average molecular weight is 291 g/mol. The van der Waals surface area contributed by atoms with Crippen molar-refractivity contribution in [3.8, 4) is 10.4 Å². The van der Waals surface area contributed by atoms with E-state index in [4.69, 9.17) is 4.74 Å². The van der Waals surface area contributed by atoms with Gasteiger partial charge in [-0.05, 0) is 30.7 Å². The van der Waals surface area contributed by atoms with Gasteiger partial charge >= 0.3 is 0 Å². The van der Waals surface area contributed by atoms with Crippen molar-refractivity contribution >= 4 is 11.3 Å².